The molecule has 10 aromatic carbocycles. The topological polar surface area (TPSA) is 53.1 Å². The van der Waals surface area contributed by atoms with E-state index in [1.165, 1.54) is 49.4 Å². The van der Waals surface area contributed by atoms with Gasteiger partial charge in [0.25, 0.3) is 0 Å². The van der Waals surface area contributed by atoms with Gasteiger partial charge >= 0.3 is 0 Å². The van der Waals surface area contributed by atoms with Gasteiger partial charge < -0.3 is 9.15 Å². The Hall–Kier alpha value is -8.80. The van der Waals surface area contributed by atoms with Gasteiger partial charge in [-0.25, -0.2) is 4.98 Å². The lowest BCUT2D eigenvalue weighted by atomic mass is 9.83. The van der Waals surface area contributed by atoms with Crippen LogP contribution in [-0.2, 0) is 5.41 Å². The molecular formula is C64H45N3O2. The lowest BCUT2D eigenvalue weighted by Gasteiger charge is -2.25. The van der Waals surface area contributed by atoms with Crippen molar-refractivity contribution in [3.63, 3.8) is 0 Å². The molecular weight excluding hydrogens is 843 g/mol. The van der Waals surface area contributed by atoms with Crippen LogP contribution in [0.2, 0.25) is 0 Å². The molecule has 0 unspecified atom stereocenters. The van der Waals surface area contributed by atoms with Crippen LogP contribution in [0.1, 0.15) is 26.3 Å². The number of hydrogen-bond donors (Lipinski definition) is 0. The molecule has 0 aliphatic heterocycles. The number of hydrogen-bond acceptors (Lipinski definition) is 4. The second-order valence-corrected chi connectivity index (χ2v) is 19.0. The number of rotatable bonds is 7. The third kappa shape index (κ3) is 6.93. The molecule has 0 atom stereocenters. The average molecular weight is 888 g/mol. The van der Waals surface area contributed by atoms with Crippen LogP contribution in [-0.4, -0.2) is 14.5 Å². The lowest BCUT2D eigenvalue weighted by Crippen LogP contribution is -2.16. The third-order valence-corrected chi connectivity index (χ3v) is 13.6. The highest BCUT2D eigenvalue weighted by Gasteiger charge is 2.27. The Morgan fingerprint density at radius 2 is 1.10 bits per heavy atom. The fourth-order valence-corrected chi connectivity index (χ4v) is 10.3. The summed E-state index contributed by atoms with van der Waals surface area (Å²) in [5, 5.41) is 9.04. The summed E-state index contributed by atoms with van der Waals surface area (Å²) in [5.41, 5.74) is 12.9. The average Bonchev–Trinajstić information content (AvgIpc) is 3.96. The van der Waals surface area contributed by atoms with Gasteiger partial charge in [-0.05, 0) is 144 Å². The number of benzene rings is 10. The maximum Gasteiger partial charge on any atom is 0.149 e. The first kappa shape index (κ1) is 40.5. The molecule has 0 amide bonds. The monoisotopic (exact) mass is 887 g/mol. The molecule has 13 rings (SSSR count). The Bertz CT molecular complexity index is 4130. The highest BCUT2D eigenvalue weighted by Crippen LogP contribution is 2.46. The summed E-state index contributed by atoms with van der Waals surface area (Å²) >= 11 is 0. The summed E-state index contributed by atoms with van der Waals surface area (Å²) in [4.78, 5) is 10.1. The van der Waals surface area contributed by atoms with Gasteiger partial charge in [0.2, 0.25) is 0 Å². The fraction of sp³-hybridized carbons (Fsp3) is 0.0625. The van der Waals surface area contributed by atoms with Crippen molar-refractivity contribution in [3.05, 3.63) is 224 Å². The number of fused-ring (bicyclic) bond motifs is 10. The molecule has 0 saturated carbocycles. The van der Waals surface area contributed by atoms with E-state index in [4.69, 9.17) is 14.1 Å². The maximum absolute atomic E-state index is 7.23. The quantitative estimate of drug-likeness (QED) is 0.150. The van der Waals surface area contributed by atoms with Crippen LogP contribution in [0.25, 0.3) is 116 Å². The van der Waals surface area contributed by atoms with Crippen molar-refractivity contribution in [2.24, 2.45) is 0 Å². The Morgan fingerprint density at radius 1 is 0.449 bits per heavy atom. The first-order chi connectivity index (χ1) is 33.8. The van der Waals surface area contributed by atoms with E-state index < -0.39 is 0 Å². The normalized spacial score (nSPS) is 12.0. The molecule has 0 spiro atoms. The number of aromatic nitrogens is 3. The maximum atomic E-state index is 7.23. The smallest absolute Gasteiger partial charge is 0.149 e. The molecule has 328 valence electrons. The number of imidazole rings is 1. The van der Waals surface area contributed by atoms with Gasteiger partial charge in [-0.1, -0.05) is 154 Å². The van der Waals surface area contributed by atoms with E-state index >= 15 is 0 Å². The van der Waals surface area contributed by atoms with E-state index in [-0.39, 0.29) is 5.41 Å². The predicted octanol–water partition coefficient (Wildman–Crippen LogP) is 17.5. The minimum absolute atomic E-state index is 0.214. The Labute approximate surface area is 399 Å². The van der Waals surface area contributed by atoms with E-state index in [0.29, 0.717) is 11.5 Å². The number of pyridine rings is 1. The van der Waals surface area contributed by atoms with Crippen molar-refractivity contribution in [2.45, 2.75) is 26.2 Å². The molecule has 0 aliphatic rings. The van der Waals surface area contributed by atoms with Crippen LogP contribution < -0.4 is 4.74 Å². The second kappa shape index (κ2) is 15.9. The zero-order valence-corrected chi connectivity index (χ0v) is 38.4. The zero-order chi connectivity index (χ0) is 46.2. The molecule has 0 N–H and O–H groups in total. The summed E-state index contributed by atoms with van der Waals surface area (Å²) in [6, 6.07) is 74.9. The molecule has 0 aliphatic carbocycles. The van der Waals surface area contributed by atoms with Crippen LogP contribution >= 0.6 is 0 Å². The minimum Gasteiger partial charge on any atom is -0.457 e. The van der Waals surface area contributed by atoms with Crippen LogP contribution in [0.5, 0.6) is 11.5 Å². The first-order valence-corrected chi connectivity index (χ1v) is 23.5. The Kier molecular flexibility index (Phi) is 9.34. The van der Waals surface area contributed by atoms with Crippen LogP contribution in [0.15, 0.2) is 223 Å². The highest BCUT2D eigenvalue weighted by atomic mass is 16.5. The van der Waals surface area contributed by atoms with Gasteiger partial charge in [-0.3, -0.25) is 9.55 Å². The van der Waals surface area contributed by atoms with Crippen molar-refractivity contribution >= 4 is 65.3 Å². The molecule has 0 saturated heterocycles. The number of para-hydroxylation sites is 2. The summed E-state index contributed by atoms with van der Waals surface area (Å²) in [7, 11) is 0. The predicted molar refractivity (Wildman–Crippen MR) is 286 cm³/mol. The van der Waals surface area contributed by atoms with Crippen molar-refractivity contribution in [3.8, 4) is 62.1 Å². The van der Waals surface area contributed by atoms with E-state index in [1.807, 2.05) is 42.6 Å². The fourth-order valence-electron chi connectivity index (χ4n) is 10.3. The van der Waals surface area contributed by atoms with E-state index in [0.717, 1.165) is 72.1 Å². The van der Waals surface area contributed by atoms with E-state index in [2.05, 4.69) is 206 Å². The molecule has 5 heteroatoms. The molecule has 69 heavy (non-hydrogen) atoms. The number of nitrogens with zero attached hydrogens (tertiary/aromatic N) is 3. The van der Waals surface area contributed by atoms with Crippen molar-refractivity contribution in [1.82, 2.24) is 14.5 Å². The van der Waals surface area contributed by atoms with Gasteiger partial charge in [0.1, 0.15) is 28.5 Å². The van der Waals surface area contributed by atoms with Crippen LogP contribution in [0.3, 0.4) is 0 Å². The third-order valence-electron chi connectivity index (χ3n) is 13.6. The molecule has 0 bridgehead atoms. The largest absolute Gasteiger partial charge is 0.457 e. The van der Waals surface area contributed by atoms with Crippen molar-refractivity contribution in [1.29, 1.82) is 0 Å². The molecule has 0 fully saturated rings. The van der Waals surface area contributed by atoms with E-state index in [9.17, 15) is 0 Å². The van der Waals surface area contributed by atoms with Gasteiger partial charge in [0.15, 0.2) is 0 Å². The van der Waals surface area contributed by atoms with Crippen LogP contribution in [0, 0.1) is 0 Å². The first-order valence-electron chi connectivity index (χ1n) is 23.5. The van der Waals surface area contributed by atoms with Crippen LogP contribution in [0.4, 0.5) is 0 Å². The lowest BCUT2D eigenvalue weighted by molar-refractivity contribution is 0.483. The van der Waals surface area contributed by atoms with Gasteiger partial charge in [-0.2, -0.15) is 0 Å². The van der Waals surface area contributed by atoms with Gasteiger partial charge in [-0.15, -0.1) is 0 Å². The number of ether oxygens (including phenoxy) is 1. The van der Waals surface area contributed by atoms with Crippen molar-refractivity contribution < 1.29 is 9.15 Å². The van der Waals surface area contributed by atoms with Crippen molar-refractivity contribution in [2.75, 3.05) is 0 Å². The van der Waals surface area contributed by atoms with E-state index in [1.54, 1.807) is 0 Å². The molecule has 5 nitrogen and oxygen atoms in total. The summed E-state index contributed by atoms with van der Waals surface area (Å²) in [6.45, 7) is 6.85. The molecule has 3 heterocycles. The Balaban J connectivity index is 1.09. The summed E-state index contributed by atoms with van der Waals surface area (Å²) in [6.07, 6.45) is 1.82. The minimum atomic E-state index is -0.214. The highest BCUT2D eigenvalue weighted by molar-refractivity contribution is 6.29. The van der Waals surface area contributed by atoms with Gasteiger partial charge in [0, 0.05) is 22.5 Å². The zero-order valence-electron chi connectivity index (χ0n) is 38.4. The number of furan rings is 1. The standard InChI is InChI=1S/C64H45N3O2/c1-64(2,3)56-35-43(41-19-8-5-9-20-41)29-31-59(56)67-60-27-13-12-26-58(60)66-63(67)55-37-46(68-45-22-16-21-44(33-45)57-25-14-15-32-65-57)36-54-53-38-51-48-24-11-10-23-47(48)50-34-42(40-17-6-4-7-18-40)28-30-49(50)52(51)39-61(53)69-62(54)55/h4-39H,1-3H3. The van der Waals surface area contributed by atoms with Gasteiger partial charge in [0.05, 0.1) is 28.0 Å². The molecule has 3 aromatic heterocycles. The Morgan fingerprint density at radius 3 is 1.86 bits per heavy atom. The SMILES string of the molecule is CC(C)(C)c1cc(-c2ccccc2)ccc1-n1c(-c2cc(Oc3cccc(-c4ccccn4)c3)cc3c2oc2cc4c5ccc(-c6ccccc6)cc5c5ccccc5c4cc23)nc2ccccc21. The summed E-state index contributed by atoms with van der Waals surface area (Å²) in [5.74, 6) is 2.14. The summed E-state index contributed by atoms with van der Waals surface area (Å²) < 4.78 is 16.5. The second-order valence-electron chi connectivity index (χ2n) is 19.0. The molecule has 0 radical (unpaired) electrons. The molecule has 13 aromatic rings.